The van der Waals surface area contributed by atoms with E-state index in [1.54, 1.807) is 29.5 Å². The minimum Gasteiger partial charge on any atom is -0.325 e. The number of amides is 1. The van der Waals surface area contributed by atoms with Crippen LogP contribution >= 0.6 is 34.5 Å². The maximum atomic E-state index is 12.1. The van der Waals surface area contributed by atoms with Gasteiger partial charge in [-0.1, -0.05) is 29.3 Å². The van der Waals surface area contributed by atoms with Gasteiger partial charge in [-0.15, -0.1) is 11.3 Å². The van der Waals surface area contributed by atoms with Crippen LogP contribution in [-0.4, -0.2) is 19.5 Å². The predicted octanol–water partition coefficient (Wildman–Crippen LogP) is 3.02. The van der Waals surface area contributed by atoms with E-state index in [4.69, 9.17) is 23.2 Å². The highest BCUT2D eigenvalue weighted by molar-refractivity contribution is 7.10. The normalized spacial score (nSPS) is 12.2. The Balaban J connectivity index is 1.94. The molecule has 1 amide bonds. The van der Waals surface area contributed by atoms with Gasteiger partial charge in [0, 0.05) is 0 Å². The maximum absolute atomic E-state index is 12.1. The van der Waals surface area contributed by atoms with Crippen LogP contribution in [0.2, 0.25) is 10.0 Å². The number of para-hydroxylation sites is 1. The molecule has 1 unspecified atom stereocenters. The molecule has 1 atom stereocenters. The number of hydrogen-bond donors (Lipinski definition) is 2. The van der Waals surface area contributed by atoms with Crippen molar-refractivity contribution in [3.05, 3.63) is 50.1 Å². The Morgan fingerprint density at radius 1 is 1.29 bits per heavy atom. The van der Waals surface area contributed by atoms with Gasteiger partial charge in [0.1, 0.15) is 6.54 Å². The van der Waals surface area contributed by atoms with Crippen LogP contribution in [0.3, 0.4) is 0 Å². The number of nitrogens with one attached hydrogen (secondary N) is 2. The fourth-order valence-corrected chi connectivity index (χ4v) is 3.51. The number of anilines is 1. The first-order chi connectivity index (χ1) is 9.97. The molecule has 1 heterocycles. The number of halogens is 2. The number of hydrogen-bond acceptors (Lipinski definition) is 2. The molecular formula is C15H17Cl2N2OS+. The highest BCUT2D eigenvalue weighted by atomic mass is 35.5. The lowest BCUT2D eigenvalue weighted by molar-refractivity contribution is -0.884. The summed E-state index contributed by atoms with van der Waals surface area (Å²) < 4.78 is 0. The summed E-state index contributed by atoms with van der Waals surface area (Å²) in [7, 11) is 1.99. The molecule has 0 bridgehead atoms. The Bertz CT molecular complexity index is 622. The second-order valence-electron chi connectivity index (χ2n) is 4.98. The monoisotopic (exact) mass is 343 g/mol. The van der Waals surface area contributed by atoms with Gasteiger partial charge in [-0.3, -0.25) is 4.79 Å². The first kappa shape index (κ1) is 16.3. The first-order valence-electron chi connectivity index (χ1n) is 6.55. The van der Waals surface area contributed by atoms with Gasteiger partial charge < -0.3 is 10.2 Å². The zero-order valence-electron chi connectivity index (χ0n) is 11.9. The lowest BCUT2D eigenvalue weighted by Crippen LogP contribution is -3.08. The summed E-state index contributed by atoms with van der Waals surface area (Å²) in [6, 6.07) is 7.25. The van der Waals surface area contributed by atoms with Crippen molar-refractivity contribution in [1.82, 2.24) is 0 Å². The van der Waals surface area contributed by atoms with E-state index in [1.165, 1.54) is 10.4 Å². The molecule has 6 heteroatoms. The van der Waals surface area contributed by atoms with Crippen molar-refractivity contribution < 1.29 is 9.69 Å². The second-order valence-corrected chi connectivity index (χ2v) is 6.80. The van der Waals surface area contributed by atoms with E-state index in [9.17, 15) is 4.79 Å². The molecule has 0 aliphatic carbocycles. The van der Waals surface area contributed by atoms with Crippen LogP contribution in [0.15, 0.2) is 29.6 Å². The zero-order chi connectivity index (χ0) is 15.4. The van der Waals surface area contributed by atoms with Crippen molar-refractivity contribution in [2.45, 2.75) is 13.5 Å². The molecule has 0 aliphatic heterocycles. The Kier molecular flexibility index (Phi) is 5.65. The van der Waals surface area contributed by atoms with E-state index in [-0.39, 0.29) is 5.91 Å². The van der Waals surface area contributed by atoms with Crippen molar-refractivity contribution in [2.75, 3.05) is 18.9 Å². The number of aryl methyl sites for hydroxylation is 1. The van der Waals surface area contributed by atoms with Crippen LogP contribution in [-0.2, 0) is 11.3 Å². The molecule has 21 heavy (non-hydrogen) atoms. The molecule has 0 saturated carbocycles. The summed E-state index contributed by atoms with van der Waals surface area (Å²) in [6.07, 6.45) is 0. The highest BCUT2D eigenvalue weighted by Gasteiger charge is 2.15. The van der Waals surface area contributed by atoms with Crippen molar-refractivity contribution in [3.63, 3.8) is 0 Å². The summed E-state index contributed by atoms with van der Waals surface area (Å²) in [4.78, 5) is 14.5. The van der Waals surface area contributed by atoms with Gasteiger partial charge in [-0.05, 0) is 36.1 Å². The molecule has 2 N–H and O–H groups in total. The lowest BCUT2D eigenvalue weighted by atomic mass is 10.3. The molecule has 0 aliphatic rings. The molecular weight excluding hydrogens is 327 g/mol. The molecule has 1 aromatic carbocycles. The number of benzene rings is 1. The minimum absolute atomic E-state index is 0.100. The second kappa shape index (κ2) is 7.27. The molecule has 2 rings (SSSR count). The third-order valence-corrected chi connectivity index (χ3v) is 4.77. The summed E-state index contributed by atoms with van der Waals surface area (Å²) >= 11 is 13.8. The number of thiophene rings is 1. The van der Waals surface area contributed by atoms with Crippen molar-refractivity contribution in [2.24, 2.45) is 0 Å². The maximum Gasteiger partial charge on any atom is 0.279 e. The number of likely N-dealkylation sites (N-methyl/N-ethyl adjacent to an activating group) is 1. The summed E-state index contributed by atoms with van der Waals surface area (Å²) in [6.45, 7) is 3.27. The van der Waals surface area contributed by atoms with Gasteiger partial charge in [0.15, 0.2) is 6.54 Å². The van der Waals surface area contributed by atoms with E-state index in [2.05, 4.69) is 23.7 Å². The number of carbonyl (C=O) groups excluding carboxylic acids is 1. The predicted molar refractivity (Wildman–Crippen MR) is 89.6 cm³/mol. The molecule has 2 aromatic rings. The number of carbonyl (C=O) groups is 1. The van der Waals surface area contributed by atoms with Crippen molar-refractivity contribution >= 4 is 46.1 Å². The Labute approximate surface area is 138 Å². The Morgan fingerprint density at radius 3 is 2.52 bits per heavy atom. The fourth-order valence-electron chi connectivity index (χ4n) is 2.00. The number of quaternary nitrogens is 1. The van der Waals surface area contributed by atoms with Crippen LogP contribution in [0.4, 0.5) is 5.69 Å². The molecule has 1 aromatic heterocycles. The van der Waals surface area contributed by atoms with Crippen LogP contribution in [0.1, 0.15) is 10.4 Å². The molecule has 0 radical (unpaired) electrons. The van der Waals surface area contributed by atoms with E-state index < -0.39 is 0 Å². The van der Waals surface area contributed by atoms with Crippen molar-refractivity contribution in [3.8, 4) is 0 Å². The molecule has 0 spiro atoms. The van der Waals surface area contributed by atoms with E-state index in [1.807, 2.05) is 7.05 Å². The van der Waals surface area contributed by atoms with Gasteiger partial charge in [0.25, 0.3) is 5.91 Å². The third kappa shape index (κ3) is 4.45. The van der Waals surface area contributed by atoms with Gasteiger partial charge in [0.05, 0.1) is 27.7 Å². The summed E-state index contributed by atoms with van der Waals surface area (Å²) in [5, 5.41) is 5.75. The third-order valence-electron chi connectivity index (χ3n) is 3.12. The Morgan fingerprint density at radius 2 is 1.95 bits per heavy atom. The fraction of sp³-hybridized carbons (Fsp3) is 0.267. The molecule has 3 nitrogen and oxygen atoms in total. The van der Waals surface area contributed by atoms with E-state index >= 15 is 0 Å². The van der Waals surface area contributed by atoms with Crippen molar-refractivity contribution in [1.29, 1.82) is 0 Å². The average molecular weight is 344 g/mol. The highest BCUT2D eigenvalue weighted by Crippen LogP contribution is 2.29. The van der Waals surface area contributed by atoms with E-state index in [0.717, 1.165) is 11.4 Å². The average Bonchev–Trinajstić information content (AvgIpc) is 2.79. The van der Waals surface area contributed by atoms with Gasteiger partial charge in [-0.25, -0.2) is 0 Å². The van der Waals surface area contributed by atoms with Crippen LogP contribution in [0.5, 0.6) is 0 Å². The van der Waals surface area contributed by atoms with Crippen LogP contribution < -0.4 is 10.2 Å². The van der Waals surface area contributed by atoms with Gasteiger partial charge >= 0.3 is 0 Å². The zero-order valence-corrected chi connectivity index (χ0v) is 14.2. The Hall–Kier alpha value is -1.07. The van der Waals surface area contributed by atoms with Gasteiger partial charge in [0.2, 0.25) is 0 Å². The molecule has 0 fully saturated rings. The summed E-state index contributed by atoms with van der Waals surface area (Å²) in [5.41, 5.74) is 1.75. The van der Waals surface area contributed by atoms with Crippen LogP contribution in [0, 0.1) is 6.92 Å². The minimum atomic E-state index is -0.100. The SMILES string of the molecule is Cc1ccsc1C[NH+](C)CC(=O)Nc1c(Cl)cccc1Cl. The topological polar surface area (TPSA) is 33.5 Å². The largest absolute Gasteiger partial charge is 0.325 e. The molecule has 112 valence electrons. The summed E-state index contributed by atoms with van der Waals surface area (Å²) in [5.74, 6) is -0.100. The molecule has 0 saturated heterocycles. The number of rotatable bonds is 5. The lowest BCUT2D eigenvalue weighted by Gasteiger charge is -2.14. The smallest absolute Gasteiger partial charge is 0.279 e. The first-order valence-corrected chi connectivity index (χ1v) is 8.19. The standard InChI is InChI=1S/C15H16Cl2N2OS/c1-10-6-7-21-13(10)8-19(2)9-14(20)18-15-11(16)4-3-5-12(15)17/h3-7H,8-9H2,1-2H3,(H,18,20)/p+1. The van der Waals surface area contributed by atoms with E-state index in [0.29, 0.717) is 22.3 Å². The quantitative estimate of drug-likeness (QED) is 0.859. The van der Waals surface area contributed by atoms with Gasteiger partial charge in [-0.2, -0.15) is 0 Å². The van der Waals surface area contributed by atoms with Crippen LogP contribution in [0.25, 0.3) is 0 Å².